The first kappa shape index (κ1) is 16.2. The van der Waals surface area contributed by atoms with E-state index in [0.29, 0.717) is 0 Å². The van der Waals surface area contributed by atoms with Gasteiger partial charge in [0.2, 0.25) is 0 Å². The molecule has 0 bridgehead atoms. The molecular weight excluding hydrogens is 446 g/mol. The molecule has 0 N–H and O–H groups in total. The van der Waals surface area contributed by atoms with Crippen molar-refractivity contribution in [1.29, 1.82) is 0 Å². The first-order valence-corrected chi connectivity index (χ1v) is 11.2. The Labute approximate surface area is 184 Å². The molecule has 3 heteroatoms. The molecule has 3 heterocycles. The molecule has 0 atom stereocenters. The fourth-order valence-electron chi connectivity index (χ4n) is 5.49. The molecular formula is C28H14BrNO. The quantitative estimate of drug-likeness (QED) is 0.164. The van der Waals surface area contributed by atoms with Crippen LogP contribution in [0.1, 0.15) is 0 Å². The predicted octanol–water partition coefficient (Wildman–Crippen LogP) is 8.65. The molecule has 2 nitrogen and oxygen atoms in total. The summed E-state index contributed by atoms with van der Waals surface area (Å²) in [4.78, 5) is 0. The van der Waals surface area contributed by atoms with Gasteiger partial charge in [0.25, 0.3) is 0 Å². The first-order valence-electron chi connectivity index (χ1n) is 10.4. The molecule has 0 aliphatic carbocycles. The molecule has 31 heavy (non-hydrogen) atoms. The summed E-state index contributed by atoms with van der Waals surface area (Å²) in [5.74, 6) is 0. The highest BCUT2D eigenvalue weighted by molar-refractivity contribution is 9.10. The third kappa shape index (κ3) is 1.85. The minimum atomic E-state index is 0.929. The van der Waals surface area contributed by atoms with Gasteiger partial charge in [0.05, 0.1) is 16.6 Å². The van der Waals surface area contributed by atoms with Crippen molar-refractivity contribution >= 4 is 86.7 Å². The lowest BCUT2D eigenvalue weighted by molar-refractivity contribution is 0.669. The summed E-state index contributed by atoms with van der Waals surface area (Å²) in [7, 11) is 0. The van der Waals surface area contributed by atoms with Crippen molar-refractivity contribution in [2.45, 2.75) is 0 Å². The second-order valence-electron chi connectivity index (χ2n) is 8.30. The SMILES string of the molecule is Brc1ccc2c3cc4c(cc3n3c5ccccc5c5ccc1c2c53)oc1ccccc14. The summed E-state index contributed by atoms with van der Waals surface area (Å²) in [6.07, 6.45) is 0. The molecule has 0 saturated heterocycles. The fraction of sp³-hybridized carbons (Fsp3) is 0. The van der Waals surface area contributed by atoms with Gasteiger partial charge in [0.15, 0.2) is 0 Å². The van der Waals surface area contributed by atoms with Gasteiger partial charge in [-0.1, -0.05) is 70.5 Å². The molecule has 0 spiro atoms. The van der Waals surface area contributed by atoms with Crippen molar-refractivity contribution < 1.29 is 4.42 Å². The van der Waals surface area contributed by atoms with Crippen LogP contribution in [0.25, 0.3) is 70.8 Å². The zero-order valence-electron chi connectivity index (χ0n) is 16.3. The number of aromatic nitrogens is 1. The van der Waals surface area contributed by atoms with Crippen LogP contribution >= 0.6 is 15.9 Å². The molecule has 0 unspecified atom stereocenters. The summed E-state index contributed by atoms with van der Waals surface area (Å²) in [6.45, 7) is 0. The smallest absolute Gasteiger partial charge is 0.137 e. The number of pyridine rings is 1. The zero-order chi connectivity index (χ0) is 20.3. The lowest BCUT2D eigenvalue weighted by Gasteiger charge is -2.14. The average Bonchev–Trinajstić information content (AvgIpc) is 3.34. The minimum Gasteiger partial charge on any atom is -0.456 e. The van der Waals surface area contributed by atoms with E-state index in [1.54, 1.807) is 0 Å². The Morgan fingerprint density at radius 3 is 2.26 bits per heavy atom. The van der Waals surface area contributed by atoms with Gasteiger partial charge in [0, 0.05) is 42.9 Å². The van der Waals surface area contributed by atoms with Crippen LogP contribution in [0.4, 0.5) is 0 Å². The van der Waals surface area contributed by atoms with E-state index in [0.717, 1.165) is 26.4 Å². The van der Waals surface area contributed by atoms with Crippen molar-refractivity contribution in [3.63, 3.8) is 0 Å². The summed E-state index contributed by atoms with van der Waals surface area (Å²) in [5.41, 5.74) is 5.55. The second kappa shape index (κ2) is 5.37. The van der Waals surface area contributed by atoms with E-state index in [1.165, 1.54) is 48.9 Å². The number of halogens is 1. The summed E-state index contributed by atoms with van der Waals surface area (Å²) in [6, 6.07) is 30.5. The minimum absolute atomic E-state index is 0.929. The number of rotatable bonds is 0. The van der Waals surface area contributed by atoms with Crippen LogP contribution in [-0.4, -0.2) is 4.40 Å². The van der Waals surface area contributed by atoms with Gasteiger partial charge in [-0.25, -0.2) is 0 Å². The maximum atomic E-state index is 6.26. The zero-order valence-corrected chi connectivity index (χ0v) is 17.9. The molecule has 0 fully saturated rings. The Hall–Kier alpha value is -3.56. The monoisotopic (exact) mass is 459 g/mol. The largest absolute Gasteiger partial charge is 0.456 e. The lowest BCUT2D eigenvalue weighted by atomic mass is 9.97. The van der Waals surface area contributed by atoms with Crippen LogP contribution in [-0.2, 0) is 0 Å². The number of hydrogen-bond acceptors (Lipinski definition) is 1. The third-order valence-electron chi connectivity index (χ3n) is 6.79. The maximum absolute atomic E-state index is 6.26. The number of nitrogens with zero attached hydrogens (tertiary/aromatic N) is 1. The van der Waals surface area contributed by atoms with Gasteiger partial charge >= 0.3 is 0 Å². The van der Waals surface area contributed by atoms with E-state index in [2.05, 4.69) is 93.1 Å². The average molecular weight is 460 g/mol. The third-order valence-corrected chi connectivity index (χ3v) is 7.48. The van der Waals surface area contributed by atoms with E-state index >= 15 is 0 Å². The van der Waals surface area contributed by atoms with Crippen molar-refractivity contribution in [2.75, 3.05) is 0 Å². The molecule has 0 aliphatic heterocycles. The second-order valence-corrected chi connectivity index (χ2v) is 9.15. The Kier molecular flexibility index (Phi) is 2.80. The predicted molar refractivity (Wildman–Crippen MR) is 134 cm³/mol. The van der Waals surface area contributed by atoms with Crippen molar-refractivity contribution in [2.24, 2.45) is 0 Å². The Morgan fingerprint density at radius 2 is 1.32 bits per heavy atom. The lowest BCUT2D eigenvalue weighted by Crippen LogP contribution is -1.92. The standard InChI is InChI=1S/C28H14BrNO/c29-22-12-11-17-20-13-21-16-6-2-4-8-25(16)31-26(21)14-24(20)30-23-7-3-1-5-15(23)18-9-10-19(22)27(17)28(18)30/h1-14H. The number of para-hydroxylation sites is 2. The molecule has 8 rings (SSSR count). The maximum Gasteiger partial charge on any atom is 0.137 e. The Bertz CT molecular complexity index is 2010. The highest BCUT2D eigenvalue weighted by Crippen LogP contribution is 2.44. The first-order chi connectivity index (χ1) is 15.3. The molecule has 5 aromatic carbocycles. The Balaban J connectivity index is 1.78. The number of benzene rings is 5. The van der Waals surface area contributed by atoms with E-state index < -0.39 is 0 Å². The summed E-state index contributed by atoms with van der Waals surface area (Å²) >= 11 is 3.79. The van der Waals surface area contributed by atoms with Crippen LogP contribution in [0.2, 0.25) is 0 Å². The molecule has 0 aliphatic rings. The van der Waals surface area contributed by atoms with Crippen LogP contribution in [0, 0.1) is 0 Å². The van der Waals surface area contributed by atoms with Crippen molar-refractivity contribution in [3.05, 3.63) is 89.4 Å². The number of fused-ring (bicyclic) bond motifs is 9. The van der Waals surface area contributed by atoms with Gasteiger partial charge in [-0.2, -0.15) is 0 Å². The number of hydrogen-bond donors (Lipinski definition) is 0. The highest BCUT2D eigenvalue weighted by atomic mass is 79.9. The molecule has 144 valence electrons. The fourth-order valence-corrected chi connectivity index (χ4v) is 5.96. The molecule has 0 saturated carbocycles. The normalized spacial score (nSPS) is 12.7. The van der Waals surface area contributed by atoms with Crippen LogP contribution in [0.3, 0.4) is 0 Å². The molecule has 0 radical (unpaired) electrons. The summed E-state index contributed by atoms with van der Waals surface area (Å²) in [5, 5.41) is 9.98. The van der Waals surface area contributed by atoms with Crippen molar-refractivity contribution in [1.82, 2.24) is 4.40 Å². The van der Waals surface area contributed by atoms with Crippen LogP contribution < -0.4 is 0 Å². The van der Waals surface area contributed by atoms with Crippen LogP contribution in [0.15, 0.2) is 93.8 Å². The Morgan fingerprint density at radius 1 is 0.548 bits per heavy atom. The van der Waals surface area contributed by atoms with Gasteiger partial charge < -0.3 is 8.82 Å². The summed E-state index contributed by atoms with van der Waals surface area (Å²) < 4.78 is 9.82. The van der Waals surface area contributed by atoms with Crippen molar-refractivity contribution in [3.8, 4) is 0 Å². The van der Waals surface area contributed by atoms with E-state index in [4.69, 9.17) is 4.42 Å². The topological polar surface area (TPSA) is 17.6 Å². The van der Waals surface area contributed by atoms with E-state index in [9.17, 15) is 0 Å². The van der Waals surface area contributed by atoms with E-state index in [1.807, 2.05) is 12.1 Å². The van der Waals surface area contributed by atoms with Gasteiger partial charge in [-0.05, 0) is 35.0 Å². The number of furan rings is 1. The van der Waals surface area contributed by atoms with Gasteiger partial charge in [0.1, 0.15) is 11.2 Å². The molecule has 3 aromatic heterocycles. The highest BCUT2D eigenvalue weighted by Gasteiger charge is 2.20. The molecule has 0 amide bonds. The van der Waals surface area contributed by atoms with E-state index in [-0.39, 0.29) is 0 Å². The van der Waals surface area contributed by atoms with Gasteiger partial charge in [-0.15, -0.1) is 0 Å². The van der Waals surface area contributed by atoms with Crippen LogP contribution in [0.5, 0.6) is 0 Å². The van der Waals surface area contributed by atoms with Gasteiger partial charge in [-0.3, -0.25) is 0 Å². The molecule has 8 aromatic rings.